The average Bonchev–Trinajstić information content (AvgIpc) is 2.95. The van der Waals surface area contributed by atoms with Gasteiger partial charge in [-0.15, -0.1) is 0 Å². The summed E-state index contributed by atoms with van der Waals surface area (Å²) in [6.07, 6.45) is 1.47. The normalized spacial score (nSPS) is 21.2. The Bertz CT molecular complexity index is 636. The summed E-state index contributed by atoms with van der Waals surface area (Å²) in [4.78, 5) is 12.4. The molecule has 5 heteroatoms. The number of nitrogens with zero attached hydrogens (tertiary/aromatic N) is 1. The number of ketones is 1. The Labute approximate surface area is 137 Å². The predicted octanol–water partition coefficient (Wildman–Crippen LogP) is 2.71. The number of benzene rings is 1. The van der Waals surface area contributed by atoms with Gasteiger partial charge in [-0.1, -0.05) is 13.8 Å². The quantitative estimate of drug-likeness (QED) is 0.800. The summed E-state index contributed by atoms with van der Waals surface area (Å²) in [5.74, 6) is 2.49. The van der Waals surface area contributed by atoms with Crippen molar-refractivity contribution in [3.63, 3.8) is 0 Å². The van der Waals surface area contributed by atoms with Crippen LogP contribution < -0.4 is 14.2 Å². The summed E-state index contributed by atoms with van der Waals surface area (Å²) in [5.41, 5.74) is 2.33. The van der Waals surface area contributed by atoms with Crippen LogP contribution >= 0.6 is 0 Å². The third-order valence-corrected chi connectivity index (χ3v) is 5.12. The predicted molar refractivity (Wildman–Crippen MR) is 87.0 cm³/mol. The number of quaternary nitrogens is 1. The molecule has 0 saturated carbocycles. The highest BCUT2D eigenvalue weighted by molar-refractivity contribution is 5.81. The highest BCUT2D eigenvalue weighted by Gasteiger charge is 2.42. The van der Waals surface area contributed by atoms with Crippen molar-refractivity contribution in [2.75, 3.05) is 34.5 Å². The molecule has 126 valence electrons. The number of carbonyl (C=O) groups excluding carboxylic acids is 1. The first-order valence-electron chi connectivity index (χ1n) is 8.20. The van der Waals surface area contributed by atoms with Crippen molar-refractivity contribution in [3.05, 3.63) is 17.2 Å². The van der Waals surface area contributed by atoms with E-state index < -0.39 is 0 Å². The Kier molecular flexibility index (Phi) is 4.00. The molecule has 0 amide bonds. The summed E-state index contributed by atoms with van der Waals surface area (Å²) in [6, 6.07) is 2.14. The molecular weight excluding hydrogens is 294 g/mol. The number of methoxy groups -OCH3 is 1. The van der Waals surface area contributed by atoms with E-state index in [0.717, 1.165) is 34.5 Å². The monoisotopic (exact) mass is 320 g/mol. The van der Waals surface area contributed by atoms with Gasteiger partial charge in [-0.2, -0.15) is 0 Å². The van der Waals surface area contributed by atoms with Gasteiger partial charge >= 0.3 is 0 Å². The first-order chi connectivity index (χ1) is 10.8. The van der Waals surface area contributed by atoms with Gasteiger partial charge in [-0.25, -0.2) is 0 Å². The summed E-state index contributed by atoms with van der Waals surface area (Å²) < 4.78 is 17.6. The molecule has 5 nitrogen and oxygen atoms in total. The van der Waals surface area contributed by atoms with Gasteiger partial charge in [0.2, 0.25) is 12.5 Å². The second-order valence-electron chi connectivity index (χ2n) is 7.31. The van der Waals surface area contributed by atoms with Crippen molar-refractivity contribution in [1.82, 2.24) is 0 Å². The van der Waals surface area contributed by atoms with Crippen LogP contribution in [0.15, 0.2) is 6.07 Å². The number of rotatable bonds is 4. The molecule has 1 atom stereocenters. The van der Waals surface area contributed by atoms with Gasteiger partial charge in [0.1, 0.15) is 11.8 Å². The molecule has 2 aliphatic rings. The lowest BCUT2D eigenvalue weighted by Crippen LogP contribution is -2.48. The third kappa shape index (κ3) is 2.67. The molecule has 1 aromatic carbocycles. The van der Waals surface area contributed by atoms with E-state index in [1.54, 1.807) is 7.11 Å². The molecule has 2 heterocycles. The number of ether oxygens (including phenoxy) is 3. The first-order valence-corrected chi connectivity index (χ1v) is 8.20. The molecular formula is C18H26NO4+. The number of likely N-dealkylation sites (N-methyl/N-ethyl adjacent to an activating group) is 1. The molecule has 3 rings (SSSR count). The molecule has 0 N–H and O–H groups in total. The highest BCUT2D eigenvalue weighted by atomic mass is 16.7. The molecule has 0 spiro atoms. The molecule has 0 saturated heterocycles. The second-order valence-corrected chi connectivity index (χ2v) is 7.31. The van der Waals surface area contributed by atoms with Crippen LogP contribution in [0.25, 0.3) is 0 Å². The standard InChI is InChI=1S/C18H26NO4/c1-11(2)14(20)9-13-16-12(6-7-19(13,3)4)8-15-17(18(16)21-5)23-10-22-15/h8,11,13H,6-7,9-10H2,1-5H3/q+1/t13-/m1/s1. The van der Waals surface area contributed by atoms with Crippen LogP contribution in [0.1, 0.15) is 37.4 Å². The Balaban J connectivity index is 2.12. The van der Waals surface area contributed by atoms with Crippen LogP contribution in [0.3, 0.4) is 0 Å². The van der Waals surface area contributed by atoms with Crippen LogP contribution in [0.4, 0.5) is 0 Å². The van der Waals surface area contributed by atoms with Crippen molar-refractivity contribution < 1.29 is 23.5 Å². The van der Waals surface area contributed by atoms with E-state index in [1.165, 1.54) is 5.56 Å². The van der Waals surface area contributed by atoms with Gasteiger partial charge in [-0.05, 0) is 11.6 Å². The molecule has 0 bridgehead atoms. The molecule has 0 unspecified atom stereocenters. The van der Waals surface area contributed by atoms with Crippen LogP contribution in [0.5, 0.6) is 17.2 Å². The average molecular weight is 320 g/mol. The molecule has 0 aliphatic carbocycles. The zero-order valence-corrected chi connectivity index (χ0v) is 14.6. The Morgan fingerprint density at radius 2 is 2.13 bits per heavy atom. The summed E-state index contributed by atoms with van der Waals surface area (Å²) in [5, 5.41) is 0. The van der Waals surface area contributed by atoms with Gasteiger partial charge in [0, 0.05) is 12.3 Å². The molecule has 1 aromatic rings. The number of hydrogen-bond donors (Lipinski definition) is 0. The second kappa shape index (κ2) is 5.71. The highest BCUT2D eigenvalue weighted by Crippen LogP contribution is 2.51. The van der Waals surface area contributed by atoms with Crippen molar-refractivity contribution in [3.8, 4) is 17.2 Å². The fourth-order valence-electron chi connectivity index (χ4n) is 3.54. The lowest BCUT2D eigenvalue weighted by Gasteiger charge is -2.43. The maximum Gasteiger partial charge on any atom is 0.231 e. The zero-order valence-electron chi connectivity index (χ0n) is 14.6. The van der Waals surface area contributed by atoms with Crippen LogP contribution in [0, 0.1) is 5.92 Å². The number of hydrogen-bond acceptors (Lipinski definition) is 4. The maximum absolute atomic E-state index is 12.4. The van der Waals surface area contributed by atoms with Crippen LogP contribution in [-0.2, 0) is 11.2 Å². The Hall–Kier alpha value is -1.75. The molecule has 2 aliphatic heterocycles. The molecule has 0 fully saturated rings. The van der Waals surface area contributed by atoms with E-state index in [4.69, 9.17) is 14.2 Å². The molecule has 23 heavy (non-hydrogen) atoms. The summed E-state index contributed by atoms with van der Waals surface area (Å²) >= 11 is 0. The zero-order chi connectivity index (χ0) is 16.8. The van der Waals surface area contributed by atoms with E-state index in [9.17, 15) is 4.79 Å². The van der Waals surface area contributed by atoms with Crippen molar-refractivity contribution >= 4 is 5.78 Å². The SMILES string of the molecule is COc1c2c(cc3c1[C@@H](CC(=O)C(C)C)[N+](C)(C)CC3)OCO2. The topological polar surface area (TPSA) is 44.8 Å². The van der Waals surface area contributed by atoms with E-state index in [0.29, 0.717) is 12.2 Å². The van der Waals surface area contributed by atoms with Crippen LogP contribution in [-0.4, -0.2) is 44.8 Å². The van der Waals surface area contributed by atoms with Gasteiger partial charge in [-0.3, -0.25) is 4.79 Å². The van der Waals surface area contributed by atoms with Gasteiger partial charge < -0.3 is 18.7 Å². The smallest absolute Gasteiger partial charge is 0.231 e. The molecule has 0 radical (unpaired) electrons. The summed E-state index contributed by atoms with van der Waals surface area (Å²) in [7, 11) is 6.03. The van der Waals surface area contributed by atoms with E-state index in [2.05, 4.69) is 20.2 Å². The van der Waals surface area contributed by atoms with Gasteiger partial charge in [0.25, 0.3) is 0 Å². The van der Waals surface area contributed by atoms with Crippen molar-refractivity contribution in [1.29, 1.82) is 0 Å². The summed E-state index contributed by atoms with van der Waals surface area (Å²) in [6.45, 7) is 5.14. The number of fused-ring (bicyclic) bond motifs is 2. The number of carbonyl (C=O) groups is 1. The van der Waals surface area contributed by atoms with E-state index in [-0.39, 0.29) is 24.5 Å². The minimum absolute atomic E-state index is 0.0420. The van der Waals surface area contributed by atoms with E-state index >= 15 is 0 Å². The lowest BCUT2D eigenvalue weighted by atomic mass is 9.85. The fourth-order valence-corrected chi connectivity index (χ4v) is 3.54. The van der Waals surface area contributed by atoms with Gasteiger partial charge in [0.05, 0.1) is 39.7 Å². The Morgan fingerprint density at radius 3 is 2.78 bits per heavy atom. The fraction of sp³-hybridized carbons (Fsp3) is 0.611. The van der Waals surface area contributed by atoms with Crippen molar-refractivity contribution in [2.45, 2.75) is 32.7 Å². The van der Waals surface area contributed by atoms with E-state index in [1.807, 2.05) is 13.8 Å². The third-order valence-electron chi connectivity index (χ3n) is 5.12. The first kappa shape index (κ1) is 16.1. The van der Waals surface area contributed by atoms with Crippen LogP contribution in [0.2, 0.25) is 0 Å². The Morgan fingerprint density at radius 1 is 1.39 bits per heavy atom. The largest absolute Gasteiger partial charge is 0.492 e. The number of Topliss-reactive ketones (excluding diaryl/α,β-unsaturated/α-hetero) is 1. The maximum atomic E-state index is 12.4. The minimum atomic E-state index is 0.0420. The minimum Gasteiger partial charge on any atom is -0.492 e. The van der Waals surface area contributed by atoms with Gasteiger partial charge in [0.15, 0.2) is 11.5 Å². The lowest BCUT2D eigenvalue weighted by molar-refractivity contribution is -0.922. The molecule has 0 aromatic heterocycles. The van der Waals surface area contributed by atoms with Crippen molar-refractivity contribution in [2.24, 2.45) is 5.92 Å².